The zero-order valence-electron chi connectivity index (χ0n) is 9.73. The number of hydrogen-bond acceptors (Lipinski definition) is 2. The summed E-state index contributed by atoms with van der Waals surface area (Å²) in [6, 6.07) is 11.2. The summed E-state index contributed by atoms with van der Waals surface area (Å²) in [5.41, 5.74) is 4.04. The summed E-state index contributed by atoms with van der Waals surface area (Å²) in [4.78, 5) is 0. The highest BCUT2D eigenvalue weighted by Gasteiger charge is 2.04. The second kappa shape index (κ2) is 5.28. The van der Waals surface area contributed by atoms with Crippen LogP contribution in [0, 0.1) is 6.92 Å². The Morgan fingerprint density at radius 3 is 2.88 bits per heavy atom. The molecule has 1 atom stereocenters. The Bertz CT molecular complexity index is 434. The van der Waals surface area contributed by atoms with Crippen molar-refractivity contribution in [3.8, 4) is 0 Å². The number of rotatable bonds is 4. The van der Waals surface area contributed by atoms with Crippen molar-refractivity contribution in [2.45, 2.75) is 26.4 Å². The molecule has 84 valence electrons. The number of aryl methyl sites for hydroxylation is 1. The lowest BCUT2D eigenvalue weighted by atomic mass is 10.1. The molecule has 2 rings (SSSR count). The molecule has 0 aliphatic carbocycles. The summed E-state index contributed by atoms with van der Waals surface area (Å²) in [6.07, 6.45) is 0. The van der Waals surface area contributed by atoms with E-state index in [2.05, 4.69) is 60.3 Å². The summed E-state index contributed by atoms with van der Waals surface area (Å²) in [6.45, 7) is 5.27. The van der Waals surface area contributed by atoms with E-state index in [1.54, 1.807) is 11.3 Å². The maximum Gasteiger partial charge on any atom is 0.0303 e. The third kappa shape index (κ3) is 2.94. The zero-order valence-corrected chi connectivity index (χ0v) is 10.6. The van der Waals surface area contributed by atoms with E-state index in [0.717, 1.165) is 6.54 Å². The van der Waals surface area contributed by atoms with Gasteiger partial charge in [-0.15, -0.1) is 0 Å². The summed E-state index contributed by atoms with van der Waals surface area (Å²) in [7, 11) is 0. The molecule has 0 spiro atoms. The van der Waals surface area contributed by atoms with Crippen LogP contribution in [0.1, 0.15) is 29.7 Å². The van der Waals surface area contributed by atoms with Crippen LogP contribution in [0.15, 0.2) is 41.1 Å². The summed E-state index contributed by atoms with van der Waals surface area (Å²) < 4.78 is 0. The minimum Gasteiger partial charge on any atom is -0.306 e. The summed E-state index contributed by atoms with van der Waals surface area (Å²) in [5.74, 6) is 0. The van der Waals surface area contributed by atoms with Crippen LogP contribution in [0.3, 0.4) is 0 Å². The number of benzene rings is 1. The molecule has 1 unspecified atom stereocenters. The largest absolute Gasteiger partial charge is 0.306 e. The fraction of sp³-hybridized carbons (Fsp3) is 0.286. The van der Waals surface area contributed by atoms with Crippen LogP contribution in [0.2, 0.25) is 0 Å². The molecule has 2 aromatic rings. The van der Waals surface area contributed by atoms with Gasteiger partial charge in [0.25, 0.3) is 0 Å². The monoisotopic (exact) mass is 231 g/mol. The molecular weight excluding hydrogens is 214 g/mol. The average Bonchev–Trinajstić information content (AvgIpc) is 2.79. The topological polar surface area (TPSA) is 12.0 Å². The van der Waals surface area contributed by atoms with E-state index < -0.39 is 0 Å². The Balaban J connectivity index is 1.92. The van der Waals surface area contributed by atoms with E-state index >= 15 is 0 Å². The van der Waals surface area contributed by atoms with E-state index in [4.69, 9.17) is 0 Å². The first-order chi connectivity index (χ1) is 7.75. The lowest BCUT2D eigenvalue weighted by molar-refractivity contribution is 0.576. The van der Waals surface area contributed by atoms with Crippen molar-refractivity contribution in [3.05, 3.63) is 57.8 Å². The van der Waals surface area contributed by atoms with Gasteiger partial charge >= 0.3 is 0 Å². The lowest BCUT2D eigenvalue weighted by Gasteiger charge is -2.12. The van der Waals surface area contributed by atoms with Gasteiger partial charge < -0.3 is 5.32 Å². The minimum absolute atomic E-state index is 0.423. The van der Waals surface area contributed by atoms with Crippen LogP contribution in [-0.4, -0.2) is 0 Å². The molecule has 0 aliphatic rings. The number of nitrogens with one attached hydrogen (secondary N) is 1. The Morgan fingerprint density at radius 1 is 1.31 bits per heavy atom. The molecule has 1 N–H and O–H groups in total. The predicted octanol–water partition coefficient (Wildman–Crippen LogP) is 3.91. The van der Waals surface area contributed by atoms with Crippen LogP contribution in [0.4, 0.5) is 0 Å². The highest BCUT2D eigenvalue weighted by molar-refractivity contribution is 7.07. The van der Waals surface area contributed by atoms with Crippen LogP contribution in [0.25, 0.3) is 0 Å². The van der Waals surface area contributed by atoms with Gasteiger partial charge in [-0.05, 0) is 41.8 Å². The normalized spacial score (nSPS) is 12.6. The molecule has 1 aromatic carbocycles. The Hall–Kier alpha value is -1.12. The average molecular weight is 231 g/mol. The molecule has 0 radical (unpaired) electrons. The lowest BCUT2D eigenvalue weighted by Crippen LogP contribution is -2.17. The van der Waals surface area contributed by atoms with E-state index in [0.29, 0.717) is 6.04 Å². The SMILES string of the molecule is Cc1cccc(CNC(C)c2ccsc2)c1. The number of thiophene rings is 1. The Kier molecular flexibility index (Phi) is 3.75. The molecular formula is C14H17NS. The fourth-order valence-corrected chi connectivity index (χ4v) is 2.49. The van der Waals surface area contributed by atoms with Gasteiger partial charge in [0.2, 0.25) is 0 Å². The van der Waals surface area contributed by atoms with E-state index in [1.165, 1.54) is 16.7 Å². The van der Waals surface area contributed by atoms with Gasteiger partial charge in [-0.1, -0.05) is 29.8 Å². The van der Waals surface area contributed by atoms with Gasteiger partial charge in [-0.25, -0.2) is 0 Å². The molecule has 1 heterocycles. The van der Waals surface area contributed by atoms with Gasteiger partial charge in [0.15, 0.2) is 0 Å². The van der Waals surface area contributed by atoms with Gasteiger partial charge in [-0.2, -0.15) is 11.3 Å². The highest BCUT2D eigenvalue weighted by atomic mass is 32.1. The van der Waals surface area contributed by atoms with Crippen LogP contribution in [-0.2, 0) is 6.54 Å². The molecule has 16 heavy (non-hydrogen) atoms. The van der Waals surface area contributed by atoms with Crippen LogP contribution < -0.4 is 5.32 Å². The van der Waals surface area contributed by atoms with Crippen molar-refractivity contribution >= 4 is 11.3 Å². The molecule has 1 nitrogen and oxygen atoms in total. The third-order valence-electron chi connectivity index (χ3n) is 2.74. The van der Waals surface area contributed by atoms with Crippen molar-refractivity contribution in [2.75, 3.05) is 0 Å². The Morgan fingerprint density at radius 2 is 2.19 bits per heavy atom. The molecule has 0 fully saturated rings. The second-order valence-corrected chi connectivity index (χ2v) is 4.93. The van der Waals surface area contributed by atoms with Crippen molar-refractivity contribution in [3.63, 3.8) is 0 Å². The van der Waals surface area contributed by atoms with E-state index in [9.17, 15) is 0 Å². The molecule has 0 saturated heterocycles. The van der Waals surface area contributed by atoms with E-state index in [1.807, 2.05) is 0 Å². The first-order valence-electron chi connectivity index (χ1n) is 5.57. The van der Waals surface area contributed by atoms with Gasteiger partial charge in [0, 0.05) is 12.6 Å². The molecule has 1 aromatic heterocycles. The summed E-state index contributed by atoms with van der Waals surface area (Å²) >= 11 is 1.75. The predicted molar refractivity (Wildman–Crippen MR) is 70.8 cm³/mol. The highest BCUT2D eigenvalue weighted by Crippen LogP contribution is 2.16. The number of hydrogen-bond donors (Lipinski definition) is 1. The third-order valence-corrected chi connectivity index (χ3v) is 3.44. The minimum atomic E-state index is 0.423. The molecule has 0 amide bonds. The Labute approximate surface area is 101 Å². The van der Waals surface area contributed by atoms with Gasteiger partial charge in [0.1, 0.15) is 0 Å². The zero-order chi connectivity index (χ0) is 11.4. The first-order valence-corrected chi connectivity index (χ1v) is 6.51. The second-order valence-electron chi connectivity index (χ2n) is 4.15. The van der Waals surface area contributed by atoms with Crippen molar-refractivity contribution in [1.82, 2.24) is 5.32 Å². The fourth-order valence-electron chi connectivity index (χ4n) is 1.73. The van der Waals surface area contributed by atoms with Crippen molar-refractivity contribution < 1.29 is 0 Å². The van der Waals surface area contributed by atoms with E-state index in [-0.39, 0.29) is 0 Å². The van der Waals surface area contributed by atoms with Crippen LogP contribution in [0.5, 0.6) is 0 Å². The van der Waals surface area contributed by atoms with Crippen molar-refractivity contribution in [1.29, 1.82) is 0 Å². The maximum atomic E-state index is 3.54. The molecule has 0 saturated carbocycles. The molecule has 0 aliphatic heterocycles. The molecule has 2 heteroatoms. The van der Waals surface area contributed by atoms with Gasteiger partial charge in [-0.3, -0.25) is 0 Å². The molecule has 0 bridgehead atoms. The quantitative estimate of drug-likeness (QED) is 0.841. The summed E-state index contributed by atoms with van der Waals surface area (Å²) in [5, 5.41) is 7.86. The first kappa shape index (κ1) is 11.4. The van der Waals surface area contributed by atoms with Crippen LogP contribution >= 0.6 is 11.3 Å². The van der Waals surface area contributed by atoms with Gasteiger partial charge in [0.05, 0.1) is 0 Å². The van der Waals surface area contributed by atoms with Crippen molar-refractivity contribution in [2.24, 2.45) is 0 Å². The standard InChI is InChI=1S/C14H17NS/c1-11-4-3-5-13(8-11)9-15-12(2)14-6-7-16-10-14/h3-8,10,12,15H,9H2,1-2H3. The maximum absolute atomic E-state index is 3.54. The smallest absolute Gasteiger partial charge is 0.0303 e.